The summed E-state index contributed by atoms with van der Waals surface area (Å²) in [5.41, 5.74) is 18.8. The van der Waals surface area contributed by atoms with Gasteiger partial charge in [0.15, 0.2) is 29.7 Å². The van der Waals surface area contributed by atoms with Crippen molar-refractivity contribution in [3.63, 3.8) is 0 Å². The van der Waals surface area contributed by atoms with Crippen molar-refractivity contribution < 1.29 is 13.6 Å². The number of aryl methyl sites for hydroxylation is 5. The van der Waals surface area contributed by atoms with Gasteiger partial charge in [-0.3, -0.25) is 0 Å². The van der Waals surface area contributed by atoms with Crippen molar-refractivity contribution in [3.8, 4) is 33.6 Å². The van der Waals surface area contributed by atoms with Gasteiger partial charge in [0, 0.05) is 50.4 Å². The van der Waals surface area contributed by atoms with E-state index in [-0.39, 0.29) is 11.5 Å². The number of furan rings is 1. The highest BCUT2D eigenvalue weighted by Gasteiger charge is 2.43. The molecule has 56 heavy (non-hydrogen) atoms. The summed E-state index contributed by atoms with van der Waals surface area (Å²) in [4.78, 5) is 1.30. The molecule has 0 radical (unpaired) electrons. The molecule has 4 aromatic heterocycles. The van der Waals surface area contributed by atoms with Crippen LogP contribution >= 0.6 is 11.3 Å². The molecule has 0 aliphatic carbocycles. The van der Waals surface area contributed by atoms with Crippen LogP contribution in [-0.2, 0) is 12.8 Å². The summed E-state index contributed by atoms with van der Waals surface area (Å²) in [5.74, 6) is 0.320. The number of thiophene rings is 1. The van der Waals surface area contributed by atoms with Crippen LogP contribution < -0.4 is 9.13 Å². The molecule has 2 aliphatic rings. The monoisotopic (exact) mass is 750 g/mol. The first kappa shape index (κ1) is 35.1. The molecule has 2 unspecified atom stereocenters. The summed E-state index contributed by atoms with van der Waals surface area (Å²) in [6.07, 6.45) is 8.55. The van der Waals surface area contributed by atoms with Crippen molar-refractivity contribution >= 4 is 49.1 Å². The Hall–Kier alpha value is -5.32. The van der Waals surface area contributed by atoms with Gasteiger partial charge >= 0.3 is 0 Å². The van der Waals surface area contributed by atoms with Gasteiger partial charge in [0.05, 0.1) is 16.7 Å². The fourth-order valence-corrected chi connectivity index (χ4v) is 11.1. The predicted molar refractivity (Wildman–Crippen MR) is 234 cm³/mol. The molecule has 0 spiro atoms. The van der Waals surface area contributed by atoms with Gasteiger partial charge in [0.25, 0.3) is 0 Å². The molecule has 10 rings (SSSR count). The molecule has 4 aromatic carbocycles. The number of benzene rings is 4. The minimum atomic E-state index is 0.0794. The number of nitrogens with zero attached hydrogens (tertiary/aromatic N) is 2. The maximum absolute atomic E-state index is 7.23. The molecule has 0 N–H and O–H groups in total. The van der Waals surface area contributed by atoms with Crippen molar-refractivity contribution in [2.75, 3.05) is 0 Å². The molecule has 4 heteroatoms. The van der Waals surface area contributed by atoms with E-state index in [0.29, 0.717) is 5.92 Å². The second-order valence-electron chi connectivity index (χ2n) is 17.8. The van der Waals surface area contributed by atoms with Gasteiger partial charge in [-0.1, -0.05) is 75.4 Å². The van der Waals surface area contributed by atoms with Gasteiger partial charge in [-0.2, -0.15) is 9.13 Å². The number of hydrogen-bond acceptors (Lipinski definition) is 2. The SMILES string of the molecule is C=C1CC2C(CCc3ccc4c(oc5c4ccc4cc(C)sc45)c3-c3cc(-c4c(C)cccc4C)c(CC(C)(C)C)c[n+]31)c1ccccc1-c1ccc(C)c[n+]12. The quantitative estimate of drug-likeness (QED) is 0.161. The van der Waals surface area contributed by atoms with E-state index in [1.54, 1.807) is 0 Å². The Morgan fingerprint density at radius 2 is 1.54 bits per heavy atom. The number of pyridine rings is 2. The van der Waals surface area contributed by atoms with Crippen molar-refractivity contribution in [3.05, 3.63) is 148 Å². The smallest absolute Gasteiger partial charge is 0.222 e. The lowest BCUT2D eigenvalue weighted by molar-refractivity contribution is -0.720. The zero-order valence-corrected chi connectivity index (χ0v) is 34.5. The lowest BCUT2D eigenvalue weighted by Gasteiger charge is -2.31. The highest BCUT2D eigenvalue weighted by atomic mass is 32.1. The average molecular weight is 751 g/mol. The van der Waals surface area contributed by atoms with Crippen LogP contribution in [0, 0.1) is 33.1 Å². The molecular weight excluding hydrogens is 701 g/mol. The Labute approximate surface area is 334 Å². The third-order valence-corrected chi connectivity index (χ3v) is 13.6. The van der Waals surface area contributed by atoms with E-state index >= 15 is 0 Å². The van der Waals surface area contributed by atoms with E-state index in [1.807, 2.05) is 11.3 Å². The summed E-state index contributed by atoms with van der Waals surface area (Å²) in [6.45, 7) is 21.0. The fraction of sp³-hybridized carbons (Fsp3) is 0.269. The second-order valence-corrected chi connectivity index (χ2v) is 19.1. The van der Waals surface area contributed by atoms with Crippen LogP contribution in [0.25, 0.3) is 71.4 Å². The lowest BCUT2D eigenvalue weighted by Crippen LogP contribution is -2.49. The number of hydrogen-bond donors (Lipinski definition) is 0. The maximum Gasteiger partial charge on any atom is 0.222 e. The first-order valence-electron chi connectivity index (χ1n) is 20.3. The van der Waals surface area contributed by atoms with Crippen molar-refractivity contribution in [2.45, 2.75) is 86.1 Å². The van der Waals surface area contributed by atoms with Crippen LogP contribution in [-0.4, -0.2) is 0 Å². The lowest BCUT2D eigenvalue weighted by atomic mass is 9.77. The summed E-state index contributed by atoms with van der Waals surface area (Å²) in [7, 11) is 0. The Morgan fingerprint density at radius 1 is 0.768 bits per heavy atom. The third-order valence-electron chi connectivity index (χ3n) is 12.5. The molecule has 8 aromatic rings. The summed E-state index contributed by atoms with van der Waals surface area (Å²) in [6, 6.07) is 34.7. The highest BCUT2D eigenvalue weighted by molar-refractivity contribution is 7.20. The Bertz CT molecular complexity index is 2910. The minimum absolute atomic E-state index is 0.0794. The molecular formula is C52H50N2OS+2. The Kier molecular flexibility index (Phi) is 8.06. The van der Waals surface area contributed by atoms with Gasteiger partial charge < -0.3 is 4.42 Å². The topological polar surface area (TPSA) is 20.9 Å². The fourth-order valence-electron chi connectivity index (χ4n) is 10.1. The van der Waals surface area contributed by atoms with Gasteiger partial charge in [-0.05, 0) is 122 Å². The molecule has 0 bridgehead atoms. The molecule has 278 valence electrons. The zero-order chi connectivity index (χ0) is 38.6. The van der Waals surface area contributed by atoms with Gasteiger partial charge in [-0.25, -0.2) is 0 Å². The van der Waals surface area contributed by atoms with Crippen LogP contribution in [0.1, 0.15) is 83.8 Å². The second kappa shape index (κ2) is 12.9. The van der Waals surface area contributed by atoms with Crippen molar-refractivity contribution in [1.29, 1.82) is 0 Å². The molecule has 0 amide bonds. The average Bonchev–Trinajstić information content (AvgIpc) is 3.73. The Balaban J connectivity index is 1.30. The van der Waals surface area contributed by atoms with E-state index in [2.05, 4.69) is 161 Å². The first-order valence-corrected chi connectivity index (χ1v) is 21.1. The van der Waals surface area contributed by atoms with Gasteiger partial charge in [-0.15, -0.1) is 11.3 Å². The van der Waals surface area contributed by atoms with E-state index < -0.39 is 0 Å². The third kappa shape index (κ3) is 5.59. The van der Waals surface area contributed by atoms with Crippen molar-refractivity contribution in [1.82, 2.24) is 0 Å². The molecule has 2 aliphatic heterocycles. The van der Waals surface area contributed by atoms with E-state index in [1.165, 1.54) is 87.1 Å². The largest absolute Gasteiger partial charge is 0.454 e. The zero-order valence-electron chi connectivity index (χ0n) is 33.7. The van der Waals surface area contributed by atoms with E-state index in [0.717, 1.165) is 48.2 Å². The standard InChI is InChI=1S/C52H50N2OS/c1-30-16-23-44-39-15-10-9-14-38(39)40-20-17-35-18-21-41-42-22-19-36-25-34(5)56-51(36)50(42)55-49(41)48(35)46-26-43(47-31(2)12-11-13-32(47)3)37(27-52(6,7)8)29-53(46)33(4)24-45(40)54(44)28-30/h9-16,18-19,21-23,25-26,28-29,40,45H,4,17,20,24,27H2,1-3,5-8H3/q+2. The summed E-state index contributed by atoms with van der Waals surface area (Å²) < 4.78 is 13.5. The van der Waals surface area contributed by atoms with E-state index in [9.17, 15) is 0 Å². The van der Waals surface area contributed by atoms with Crippen LogP contribution in [0.5, 0.6) is 0 Å². The van der Waals surface area contributed by atoms with Crippen molar-refractivity contribution in [2.24, 2.45) is 5.41 Å². The number of rotatable bonds is 2. The molecule has 3 nitrogen and oxygen atoms in total. The number of aromatic nitrogens is 2. The minimum Gasteiger partial charge on any atom is -0.454 e. The molecule has 0 saturated carbocycles. The van der Waals surface area contributed by atoms with Crippen LogP contribution in [0.15, 0.2) is 114 Å². The molecule has 2 atom stereocenters. The summed E-state index contributed by atoms with van der Waals surface area (Å²) >= 11 is 1.83. The molecule has 0 saturated heterocycles. The van der Waals surface area contributed by atoms with Crippen LogP contribution in [0.2, 0.25) is 0 Å². The maximum atomic E-state index is 7.23. The first-order chi connectivity index (χ1) is 26.9. The Morgan fingerprint density at radius 3 is 2.34 bits per heavy atom. The normalized spacial score (nSPS) is 16.7. The van der Waals surface area contributed by atoms with Gasteiger partial charge in [0.2, 0.25) is 11.4 Å². The van der Waals surface area contributed by atoms with Crippen LogP contribution in [0.4, 0.5) is 0 Å². The van der Waals surface area contributed by atoms with Crippen LogP contribution in [0.3, 0.4) is 0 Å². The number of allylic oxidation sites excluding steroid dienone is 1. The number of fused-ring (bicyclic) bond motifs is 15. The summed E-state index contributed by atoms with van der Waals surface area (Å²) in [5, 5.41) is 3.61. The van der Waals surface area contributed by atoms with E-state index in [4.69, 9.17) is 11.0 Å². The molecule has 6 heterocycles. The highest BCUT2D eigenvalue weighted by Crippen LogP contribution is 2.47. The molecule has 0 fully saturated rings. The predicted octanol–water partition coefficient (Wildman–Crippen LogP) is 13.3. The van der Waals surface area contributed by atoms with Gasteiger partial charge in [0.1, 0.15) is 5.58 Å².